The summed E-state index contributed by atoms with van der Waals surface area (Å²) in [7, 11) is 1.86. The van der Waals surface area contributed by atoms with Crippen LogP contribution in [0, 0.1) is 0 Å². The van der Waals surface area contributed by atoms with Crippen molar-refractivity contribution in [2.45, 2.75) is 38.1 Å². The molecule has 1 aromatic carbocycles. The van der Waals surface area contributed by atoms with Crippen LogP contribution < -0.4 is 5.32 Å². The summed E-state index contributed by atoms with van der Waals surface area (Å²) in [4.78, 5) is 0. The lowest BCUT2D eigenvalue weighted by atomic mass is 9.95. The molecule has 0 bridgehead atoms. The van der Waals surface area contributed by atoms with Gasteiger partial charge in [0.15, 0.2) is 5.82 Å². The Morgan fingerprint density at radius 3 is 2.79 bits per heavy atom. The number of aromatic nitrogens is 4. The number of nitrogens with zero attached hydrogens (tertiary/aromatic N) is 4. The molecule has 1 saturated carbocycles. The molecule has 0 saturated heterocycles. The monoisotopic (exact) mass is 257 g/mol. The predicted octanol–water partition coefficient (Wildman–Crippen LogP) is 2.62. The lowest BCUT2D eigenvalue weighted by Gasteiger charge is -2.24. The quantitative estimate of drug-likeness (QED) is 0.918. The first-order valence-corrected chi connectivity index (χ1v) is 6.92. The van der Waals surface area contributed by atoms with Crippen LogP contribution in [0.15, 0.2) is 24.3 Å². The molecule has 0 spiro atoms. The summed E-state index contributed by atoms with van der Waals surface area (Å²) in [6.07, 6.45) is 6.60. The Balaban J connectivity index is 1.78. The Hall–Kier alpha value is -1.91. The maximum absolute atomic E-state index is 4.05. The minimum atomic E-state index is 0.613. The van der Waals surface area contributed by atoms with Crippen LogP contribution in [-0.4, -0.2) is 26.2 Å². The fourth-order valence-corrected chi connectivity index (χ4v) is 2.70. The highest BCUT2D eigenvalue weighted by molar-refractivity contribution is 5.62. The minimum Gasteiger partial charge on any atom is -0.382 e. The first kappa shape index (κ1) is 12.1. The standard InChI is InChI=1S/C14H19N5/c1-19-14(16-17-18-19)11-6-5-9-13(10-11)15-12-7-3-2-4-8-12/h5-6,9-10,12,15H,2-4,7-8H2,1H3. The van der Waals surface area contributed by atoms with E-state index in [0.29, 0.717) is 6.04 Å². The van der Waals surface area contributed by atoms with Gasteiger partial charge in [0.2, 0.25) is 0 Å². The van der Waals surface area contributed by atoms with E-state index >= 15 is 0 Å². The number of benzene rings is 1. The number of nitrogens with one attached hydrogen (secondary N) is 1. The van der Waals surface area contributed by atoms with Gasteiger partial charge >= 0.3 is 0 Å². The van der Waals surface area contributed by atoms with E-state index in [0.717, 1.165) is 17.1 Å². The highest BCUT2D eigenvalue weighted by atomic mass is 15.5. The van der Waals surface area contributed by atoms with Gasteiger partial charge in [-0.2, -0.15) is 0 Å². The van der Waals surface area contributed by atoms with Gasteiger partial charge in [0.25, 0.3) is 0 Å². The Bertz CT molecular complexity index is 542. The summed E-state index contributed by atoms with van der Waals surface area (Å²) in [5.41, 5.74) is 2.21. The second kappa shape index (κ2) is 5.38. The molecule has 5 nitrogen and oxygen atoms in total. The van der Waals surface area contributed by atoms with E-state index in [1.165, 1.54) is 32.1 Å². The van der Waals surface area contributed by atoms with Gasteiger partial charge in [-0.05, 0) is 35.4 Å². The van der Waals surface area contributed by atoms with E-state index in [-0.39, 0.29) is 0 Å². The van der Waals surface area contributed by atoms with Crippen LogP contribution in [0.5, 0.6) is 0 Å². The number of anilines is 1. The average Bonchev–Trinajstić information content (AvgIpc) is 2.86. The van der Waals surface area contributed by atoms with Gasteiger partial charge in [0, 0.05) is 24.3 Å². The summed E-state index contributed by atoms with van der Waals surface area (Å²) < 4.78 is 1.69. The van der Waals surface area contributed by atoms with Crippen molar-refractivity contribution in [1.82, 2.24) is 20.2 Å². The fourth-order valence-electron chi connectivity index (χ4n) is 2.70. The van der Waals surface area contributed by atoms with Crippen molar-refractivity contribution in [1.29, 1.82) is 0 Å². The minimum absolute atomic E-state index is 0.613. The van der Waals surface area contributed by atoms with E-state index in [9.17, 15) is 0 Å². The van der Waals surface area contributed by atoms with Crippen molar-refractivity contribution in [3.63, 3.8) is 0 Å². The van der Waals surface area contributed by atoms with Gasteiger partial charge in [-0.3, -0.25) is 0 Å². The Morgan fingerprint density at radius 2 is 2.05 bits per heavy atom. The zero-order valence-electron chi connectivity index (χ0n) is 11.2. The van der Waals surface area contributed by atoms with Crippen molar-refractivity contribution in [3.05, 3.63) is 24.3 Å². The molecular formula is C14H19N5. The van der Waals surface area contributed by atoms with Gasteiger partial charge in [0.05, 0.1) is 0 Å². The molecular weight excluding hydrogens is 238 g/mol. The first-order valence-electron chi connectivity index (χ1n) is 6.92. The Morgan fingerprint density at radius 1 is 1.21 bits per heavy atom. The topological polar surface area (TPSA) is 55.6 Å². The van der Waals surface area contributed by atoms with Crippen LogP contribution in [0.2, 0.25) is 0 Å². The molecule has 1 aromatic heterocycles. The van der Waals surface area contributed by atoms with Crippen LogP contribution in [0.3, 0.4) is 0 Å². The molecule has 0 amide bonds. The van der Waals surface area contributed by atoms with Crippen LogP contribution in [0.1, 0.15) is 32.1 Å². The molecule has 5 heteroatoms. The van der Waals surface area contributed by atoms with Gasteiger partial charge in [0.1, 0.15) is 0 Å². The van der Waals surface area contributed by atoms with Crippen molar-refractivity contribution >= 4 is 5.69 Å². The van der Waals surface area contributed by atoms with Gasteiger partial charge < -0.3 is 5.32 Å². The third-order valence-electron chi connectivity index (χ3n) is 3.72. The molecule has 1 N–H and O–H groups in total. The molecule has 3 rings (SSSR count). The third-order valence-corrected chi connectivity index (χ3v) is 3.72. The smallest absolute Gasteiger partial charge is 0.181 e. The molecule has 0 atom stereocenters. The number of hydrogen-bond acceptors (Lipinski definition) is 4. The van der Waals surface area contributed by atoms with Crippen molar-refractivity contribution in [2.75, 3.05) is 5.32 Å². The van der Waals surface area contributed by atoms with E-state index in [1.54, 1.807) is 4.68 Å². The number of hydrogen-bond donors (Lipinski definition) is 1. The summed E-state index contributed by atoms with van der Waals surface area (Å²) in [5.74, 6) is 0.798. The molecule has 1 fully saturated rings. The predicted molar refractivity (Wildman–Crippen MR) is 74.7 cm³/mol. The van der Waals surface area contributed by atoms with Gasteiger partial charge in [-0.25, -0.2) is 4.68 Å². The SMILES string of the molecule is Cn1nnnc1-c1cccc(NC2CCCCC2)c1. The maximum Gasteiger partial charge on any atom is 0.181 e. The molecule has 100 valence electrons. The van der Waals surface area contributed by atoms with Gasteiger partial charge in [-0.15, -0.1) is 5.10 Å². The normalized spacial score (nSPS) is 16.5. The number of aryl methyl sites for hydroxylation is 1. The first-order chi connectivity index (χ1) is 9.33. The summed E-state index contributed by atoms with van der Waals surface area (Å²) in [6, 6.07) is 8.94. The third kappa shape index (κ3) is 2.75. The summed E-state index contributed by atoms with van der Waals surface area (Å²) in [6.45, 7) is 0. The lowest BCUT2D eigenvalue weighted by molar-refractivity contribution is 0.463. The average molecular weight is 257 g/mol. The van der Waals surface area contributed by atoms with Crippen LogP contribution in [0.25, 0.3) is 11.4 Å². The van der Waals surface area contributed by atoms with Crippen molar-refractivity contribution < 1.29 is 0 Å². The molecule has 19 heavy (non-hydrogen) atoms. The van der Waals surface area contributed by atoms with Crippen LogP contribution in [0.4, 0.5) is 5.69 Å². The molecule has 1 aliphatic carbocycles. The Kier molecular flexibility index (Phi) is 3.44. The maximum atomic E-state index is 4.05. The molecule has 0 unspecified atom stereocenters. The molecule has 0 radical (unpaired) electrons. The molecule has 1 heterocycles. The van der Waals surface area contributed by atoms with Crippen LogP contribution in [-0.2, 0) is 7.05 Å². The second-order valence-corrected chi connectivity index (χ2v) is 5.19. The highest BCUT2D eigenvalue weighted by Crippen LogP contribution is 2.24. The van der Waals surface area contributed by atoms with E-state index in [1.807, 2.05) is 13.1 Å². The van der Waals surface area contributed by atoms with Crippen molar-refractivity contribution in [2.24, 2.45) is 7.05 Å². The number of rotatable bonds is 3. The van der Waals surface area contributed by atoms with Gasteiger partial charge in [-0.1, -0.05) is 31.4 Å². The van der Waals surface area contributed by atoms with E-state index < -0.39 is 0 Å². The molecule has 0 aliphatic heterocycles. The highest BCUT2D eigenvalue weighted by Gasteiger charge is 2.13. The largest absolute Gasteiger partial charge is 0.382 e. The molecule has 1 aliphatic rings. The second-order valence-electron chi connectivity index (χ2n) is 5.19. The Labute approximate surface area is 113 Å². The summed E-state index contributed by atoms with van der Waals surface area (Å²) >= 11 is 0. The lowest BCUT2D eigenvalue weighted by Crippen LogP contribution is -2.22. The molecule has 2 aromatic rings. The number of tetrazole rings is 1. The summed E-state index contributed by atoms with van der Waals surface area (Å²) in [5, 5.41) is 15.2. The van der Waals surface area contributed by atoms with Crippen molar-refractivity contribution in [3.8, 4) is 11.4 Å². The zero-order valence-corrected chi connectivity index (χ0v) is 11.2. The fraction of sp³-hybridized carbons (Fsp3) is 0.500. The van der Waals surface area contributed by atoms with E-state index in [4.69, 9.17) is 0 Å². The van der Waals surface area contributed by atoms with Crippen LogP contribution >= 0.6 is 0 Å². The zero-order chi connectivity index (χ0) is 13.1. The van der Waals surface area contributed by atoms with E-state index in [2.05, 4.69) is 39.0 Å².